The molecule has 2 N–H and O–H groups in total. The monoisotopic (exact) mass is 258 g/mol. The minimum Gasteiger partial charge on any atom is -0.384 e. The van der Waals surface area contributed by atoms with Gasteiger partial charge in [-0.05, 0) is 30.9 Å². The van der Waals surface area contributed by atoms with Crippen molar-refractivity contribution in [2.24, 2.45) is 5.92 Å². The van der Waals surface area contributed by atoms with E-state index in [1.807, 2.05) is 24.7 Å². The number of imidazole rings is 1. The van der Waals surface area contributed by atoms with Crippen LogP contribution in [0.15, 0.2) is 30.9 Å². The van der Waals surface area contributed by atoms with Gasteiger partial charge in [0.25, 0.3) is 0 Å². The van der Waals surface area contributed by atoms with Crippen molar-refractivity contribution in [1.82, 2.24) is 14.5 Å². The quantitative estimate of drug-likeness (QED) is 0.913. The number of pyridine rings is 1. The van der Waals surface area contributed by atoms with E-state index in [1.54, 1.807) is 6.20 Å². The SMILES string of the molecule is Nc1ccc(-c2cncn2CC2CCOCC2)cn1. The van der Waals surface area contributed by atoms with E-state index in [2.05, 4.69) is 14.5 Å². The Morgan fingerprint density at radius 1 is 1.26 bits per heavy atom. The fraction of sp³-hybridized carbons (Fsp3) is 0.429. The first-order valence-electron chi connectivity index (χ1n) is 6.63. The molecular weight excluding hydrogens is 240 g/mol. The molecule has 0 saturated carbocycles. The van der Waals surface area contributed by atoms with E-state index >= 15 is 0 Å². The van der Waals surface area contributed by atoms with Gasteiger partial charge < -0.3 is 15.0 Å². The highest BCUT2D eigenvalue weighted by Gasteiger charge is 2.16. The Morgan fingerprint density at radius 2 is 2.11 bits per heavy atom. The maximum atomic E-state index is 5.62. The maximum Gasteiger partial charge on any atom is 0.123 e. The van der Waals surface area contributed by atoms with Gasteiger partial charge >= 0.3 is 0 Å². The molecule has 0 bridgehead atoms. The molecule has 0 amide bonds. The van der Waals surface area contributed by atoms with Crippen molar-refractivity contribution >= 4 is 5.82 Å². The van der Waals surface area contributed by atoms with Crippen molar-refractivity contribution < 1.29 is 4.74 Å². The van der Waals surface area contributed by atoms with Crippen molar-refractivity contribution in [1.29, 1.82) is 0 Å². The van der Waals surface area contributed by atoms with Crippen LogP contribution in [-0.2, 0) is 11.3 Å². The van der Waals surface area contributed by atoms with Crippen LogP contribution in [-0.4, -0.2) is 27.7 Å². The zero-order chi connectivity index (χ0) is 13.1. The van der Waals surface area contributed by atoms with Crippen LogP contribution in [0.3, 0.4) is 0 Å². The fourth-order valence-electron chi connectivity index (χ4n) is 2.47. The lowest BCUT2D eigenvalue weighted by atomic mass is 10.0. The van der Waals surface area contributed by atoms with E-state index in [4.69, 9.17) is 10.5 Å². The second-order valence-electron chi connectivity index (χ2n) is 4.96. The molecular formula is C14H18N4O. The minimum atomic E-state index is 0.541. The van der Waals surface area contributed by atoms with Gasteiger partial charge in [0.15, 0.2) is 0 Å². The third-order valence-electron chi connectivity index (χ3n) is 3.59. The summed E-state index contributed by atoms with van der Waals surface area (Å²) in [5.74, 6) is 1.21. The standard InChI is InChI=1S/C14H18N4O/c15-14-2-1-12(7-17-14)13-8-16-10-18(13)9-11-3-5-19-6-4-11/h1-2,7-8,10-11H,3-6,9H2,(H2,15,17). The summed E-state index contributed by atoms with van der Waals surface area (Å²) < 4.78 is 7.60. The Bertz CT molecular complexity index is 529. The number of nitrogen functional groups attached to an aromatic ring is 1. The number of nitrogens with two attached hydrogens (primary N) is 1. The maximum absolute atomic E-state index is 5.62. The summed E-state index contributed by atoms with van der Waals surface area (Å²) >= 11 is 0. The normalized spacial score (nSPS) is 16.6. The van der Waals surface area contributed by atoms with Crippen LogP contribution < -0.4 is 5.73 Å². The van der Waals surface area contributed by atoms with E-state index in [0.717, 1.165) is 43.9 Å². The highest BCUT2D eigenvalue weighted by atomic mass is 16.5. The van der Waals surface area contributed by atoms with Gasteiger partial charge in [-0.15, -0.1) is 0 Å². The molecule has 5 heteroatoms. The van der Waals surface area contributed by atoms with E-state index in [0.29, 0.717) is 11.7 Å². The smallest absolute Gasteiger partial charge is 0.123 e. The summed E-state index contributed by atoms with van der Waals surface area (Å²) in [4.78, 5) is 8.40. The molecule has 100 valence electrons. The first kappa shape index (κ1) is 12.2. The van der Waals surface area contributed by atoms with Crippen LogP contribution in [0, 0.1) is 5.92 Å². The highest BCUT2D eigenvalue weighted by Crippen LogP contribution is 2.23. The molecule has 0 aromatic carbocycles. The molecule has 19 heavy (non-hydrogen) atoms. The summed E-state index contributed by atoms with van der Waals surface area (Å²) in [5.41, 5.74) is 7.77. The number of rotatable bonds is 3. The molecule has 0 aliphatic carbocycles. The molecule has 3 rings (SSSR count). The molecule has 3 heterocycles. The Hall–Kier alpha value is -1.88. The van der Waals surface area contributed by atoms with Gasteiger partial charge in [-0.25, -0.2) is 9.97 Å². The third kappa shape index (κ3) is 2.76. The van der Waals surface area contributed by atoms with Crippen LogP contribution in [0.1, 0.15) is 12.8 Å². The van der Waals surface area contributed by atoms with E-state index in [-0.39, 0.29) is 0 Å². The molecule has 2 aromatic heterocycles. The van der Waals surface area contributed by atoms with Crippen molar-refractivity contribution in [3.63, 3.8) is 0 Å². The van der Waals surface area contributed by atoms with Crippen molar-refractivity contribution in [3.8, 4) is 11.3 Å². The Morgan fingerprint density at radius 3 is 2.84 bits per heavy atom. The van der Waals surface area contributed by atoms with Gasteiger partial charge in [-0.1, -0.05) is 0 Å². The summed E-state index contributed by atoms with van der Waals surface area (Å²) in [6.07, 6.45) is 7.82. The number of hydrogen-bond donors (Lipinski definition) is 1. The number of aromatic nitrogens is 3. The average molecular weight is 258 g/mol. The van der Waals surface area contributed by atoms with Crippen molar-refractivity contribution in [2.75, 3.05) is 18.9 Å². The number of hydrogen-bond acceptors (Lipinski definition) is 4. The van der Waals surface area contributed by atoms with Gasteiger partial charge in [0.2, 0.25) is 0 Å². The molecule has 0 unspecified atom stereocenters. The van der Waals surface area contributed by atoms with Crippen LogP contribution >= 0.6 is 0 Å². The zero-order valence-electron chi connectivity index (χ0n) is 10.8. The molecule has 0 spiro atoms. The lowest BCUT2D eigenvalue weighted by Gasteiger charge is -2.23. The summed E-state index contributed by atoms with van der Waals surface area (Å²) in [7, 11) is 0. The summed E-state index contributed by atoms with van der Waals surface area (Å²) in [6, 6.07) is 3.81. The third-order valence-corrected chi connectivity index (χ3v) is 3.59. The van der Waals surface area contributed by atoms with Crippen LogP contribution in [0.5, 0.6) is 0 Å². The van der Waals surface area contributed by atoms with Crippen LogP contribution in [0.2, 0.25) is 0 Å². The molecule has 1 fully saturated rings. The largest absolute Gasteiger partial charge is 0.384 e. The predicted molar refractivity (Wildman–Crippen MR) is 73.4 cm³/mol. The number of ether oxygens (including phenoxy) is 1. The highest BCUT2D eigenvalue weighted by molar-refractivity contribution is 5.59. The van der Waals surface area contributed by atoms with Gasteiger partial charge in [-0.2, -0.15) is 0 Å². The topological polar surface area (TPSA) is 66.0 Å². The Kier molecular flexibility index (Phi) is 3.46. The molecule has 0 radical (unpaired) electrons. The first-order chi connectivity index (χ1) is 9.33. The van der Waals surface area contributed by atoms with Gasteiger partial charge in [0.05, 0.1) is 18.2 Å². The molecule has 5 nitrogen and oxygen atoms in total. The van der Waals surface area contributed by atoms with Gasteiger partial charge in [0, 0.05) is 31.5 Å². The number of anilines is 1. The Labute approximate surface area is 112 Å². The summed E-state index contributed by atoms with van der Waals surface area (Å²) in [6.45, 7) is 2.74. The van der Waals surface area contributed by atoms with Gasteiger partial charge in [-0.3, -0.25) is 0 Å². The Balaban J connectivity index is 1.79. The van der Waals surface area contributed by atoms with E-state index in [1.165, 1.54) is 0 Å². The number of nitrogens with zero attached hydrogens (tertiary/aromatic N) is 3. The predicted octanol–water partition coefficient (Wildman–Crippen LogP) is 1.95. The van der Waals surface area contributed by atoms with Crippen LogP contribution in [0.25, 0.3) is 11.3 Å². The van der Waals surface area contributed by atoms with Crippen molar-refractivity contribution in [2.45, 2.75) is 19.4 Å². The van der Waals surface area contributed by atoms with Gasteiger partial charge in [0.1, 0.15) is 5.82 Å². The molecule has 1 aliphatic heterocycles. The van der Waals surface area contributed by atoms with Crippen LogP contribution in [0.4, 0.5) is 5.82 Å². The fourth-order valence-corrected chi connectivity index (χ4v) is 2.47. The minimum absolute atomic E-state index is 0.541. The molecule has 1 saturated heterocycles. The molecule has 1 aliphatic rings. The first-order valence-corrected chi connectivity index (χ1v) is 6.63. The second-order valence-corrected chi connectivity index (χ2v) is 4.96. The lowest BCUT2D eigenvalue weighted by Crippen LogP contribution is -2.20. The van der Waals surface area contributed by atoms with E-state index < -0.39 is 0 Å². The second kappa shape index (κ2) is 5.40. The van der Waals surface area contributed by atoms with E-state index in [9.17, 15) is 0 Å². The van der Waals surface area contributed by atoms with Crippen molar-refractivity contribution in [3.05, 3.63) is 30.9 Å². The zero-order valence-corrected chi connectivity index (χ0v) is 10.8. The molecule has 0 atom stereocenters. The average Bonchev–Trinajstić information content (AvgIpc) is 2.89. The lowest BCUT2D eigenvalue weighted by molar-refractivity contribution is 0.0614. The molecule has 2 aromatic rings. The summed E-state index contributed by atoms with van der Waals surface area (Å²) in [5, 5.41) is 0.